The highest BCUT2D eigenvalue weighted by Gasteiger charge is 2.40. The van der Waals surface area contributed by atoms with Crippen LogP contribution in [-0.2, 0) is 31.6 Å². The second kappa shape index (κ2) is 8.38. The number of rotatable bonds is 8. The molecule has 2 aromatic heterocycles. The summed E-state index contributed by atoms with van der Waals surface area (Å²) in [5.41, 5.74) is 6.28. The zero-order valence-corrected chi connectivity index (χ0v) is 17.4. The van der Waals surface area contributed by atoms with Crippen LogP contribution in [0.2, 0.25) is 0 Å². The molecule has 0 aliphatic carbocycles. The van der Waals surface area contributed by atoms with Crippen molar-refractivity contribution in [1.29, 1.82) is 0 Å². The topological polar surface area (TPSA) is 239 Å². The molecule has 1 fully saturated rings. The summed E-state index contributed by atoms with van der Waals surface area (Å²) in [5, 5.41) is 10.3. The Labute approximate surface area is 169 Å². The Morgan fingerprint density at radius 2 is 1.93 bits per heavy atom. The Bertz CT molecular complexity index is 1080. The Morgan fingerprint density at radius 3 is 2.60 bits per heavy atom. The second-order valence-electron chi connectivity index (χ2n) is 5.99. The minimum Gasteiger partial charge on any atom is -0.388 e. The number of aliphatic hydroxyl groups is 1. The first kappa shape index (κ1) is 23.4. The molecule has 0 aromatic carbocycles. The number of nitrogen functional groups attached to an aromatic ring is 1. The van der Waals surface area contributed by atoms with E-state index in [1.54, 1.807) is 0 Å². The maximum atomic E-state index is 12.0. The lowest BCUT2D eigenvalue weighted by atomic mass is 10.2. The van der Waals surface area contributed by atoms with E-state index in [0.29, 0.717) is 0 Å². The monoisotopic (exact) mass is 485 g/mol. The molecule has 1 aliphatic heterocycles. The summed E-state index contributed by atoms with van der Waals surface area (Å²) in [4.78, 5) is 38.1. The predicted molar refractivity (Wildman–Crippen MR) is 97.6 cm³/mol. The largest absolute Gasteiger partial charge is 0.487 e. The molecule has 0 spiro atoms. The van der Waals surface area contributed by atoms with Gasteiger partial charge < -0.3 is 34.8 Å². The van der Waals surface area contributed by atoms with Gasteiger partial charge in [0, 0.05) is 6.42 Å². The van der Waals surface area contributed by atoms with Crippen LogP contribution < -0.4 is 5.73 Å². The molecule has 3 heterocycles. The number of imidazole rings is 1. The number of anilines is 1. The van der Waals surface area contributed by atoms with E-state index < -0.39 is 48.2 Å². The molecule has 2 unspecified atom stereocenters. The Balaban J connectivity index is 1.63. The van der Waals surface area contributed by atoms with E-state index in [2.05, 4.69) is 23.6 Å². The lowest BCUT2D eigenvalue weighted by Gasteiger charge is -2.20. The molecule has 20 heteroatoms. The first-order valence-corrected chi connectivity index (χ1v) is 12.5. The summed E-state index contributed by atoms with van der Waals surface area (Å²) in [7, 11) is -10.6. The molecule has 6 N–H and O–H groups in total. The van der Waals surface area contributed by atoms with Crippen LogP contribution in [0.3, 0.4) is 0 Å². The minimum absolute atomic E-state index is 0.0271. The van der Waals surface area contributed by atoms with Gasteiger partial charge in [-0.2, -0.15) is 4.31 Å². The summed E-state index contributed by atoms with van der Waals surface area (Å²) >= 11 is 0. The van der Waals surface area contributed by atoms with Crippen LogP contribution in [0.1, 0.15) is 12.6 Å². The highest BCUT2D eigenvalue weighted by Crippen LogP contribution is 2.66. The Hall–Kier alpha value is -1.22. The van der Waals surface area contributed by atoms with Crippen LogP contribution in [0.5, 0.6) is 0 Å². The van der Waals surface area contributed by atoms with Crippen molar-refractivity contribution in [2.45, 2.75) is 24.9 Å². The van der Waals surface area contributed by atoms with Gasteiger partial charge in [-0.25, -0.2) is 28.4 Å². The molecule has 1 aliphatic rings. The van der Waals surface area contributed by atoms with Gasteiger partial charge in [0.25, 0.3) is 7.47 Å². The van der Waals surface area contributed by atoms with Crippen molar-refractivity contribution in [3.63, 3.8) is 0 Å². The number of nitrogens with zero attached hydrogens (tertiary/aromatic N) is 4. The first-order valence-electron chi connectivity index (χ1n) is 7.87. The number of ether oxygens (including phenoxy) is 1. The van der Waals surface area contributed by atoms with Gasteiger partial charge in [0.15, 0.2) is 17.7 Å². The highest BCUT2D eigenvalue weighted by molar-refractivity contribution is 7.84. The van der Waals surface area contributed by atoms with Crippen LogP contribution in [0.4, 0.5) is 5.82 Å². The van der Waals surface area contributed by atoms with Gasteiger partial charge in [-0.3, -0.25) is 9.13 Å². The number of fused-ring (bicyclic) bond motifs is 1. The molecule has 5 atom stereocenters. The van der Waals surface area contributed by atoms with Gasteiger partial charge in [0.1, 0.15) is 17.9 Å². The number of nitrogens with two attached hydrogens (primary N) is 1. The molecular weight excluding hydrogens is 470 g/mol. The first-order chi connectivity index (χ1) is 13.8. The van der Waals surface area contributed by atoms with E-state index in [1.807, 2.05) is 0 Å². The fourth-order valence-electron chi connectivity index (χ4n) is 2.65. The SMILES string of the molecule is [B]P(=O)(OC[C@@H]1C[C@@H](O)[C@H](n2cnc3c(N)ncnc32)O1)OP(=O)(O)OP(=O)(O)O. The molecule has 164 valence electrons. The predicted octanol–water partition coefficient (Wildman–Crippen LogP) is -0.424. The van der Waals surface area contributed by atoms with E-state index in [9.17, 15) is 23.7 Å². The van der Waals surface area contributed by atoms with Gasteiger partial charge in [-0.05, 0) is 0 Å². The minimum atomic E-state index is -5.50. The highest BCUT2D eigenvalue weighted by atomic mass is 31.3. The molecule has 30 heavy (non-hydrogen) atoms. The van der Waals surface area contributed by atoms with Gasteiger partial charge >= 0.3 is 15.6 Å². The van der Waals surface area contributed by atoms with Gasteiger partial charge in [-0.1, -0.05) is 0 Å². The summed E-state index contributed by atoms with van der Waals surface area (Å²) < 4.78 is 53.2. The number of hydrogen-bond donors (Lipinski definition) is 5. The normalized spacial score (nSPS) is 26.5. The van der Waals surface area contributed by atoms with Crippen LogP contribution >= 0.6 is 23.1 Å². The van der Waals surface area contributed by atoms with Crippen molar-refractivity contribution in [2.75, 3.05) is 12.3 Å². The number of aliphatic hydroxyl groups excluding tert-OH is 1. The van der Waals surface area contributed by atoms with E-state index in [-0.39, 0.29) is 23.4 Å². The molecule has 0 saturated carbocycles. The molecule has 2 radical (unpaired) electrons. The third-order valence-electron chi connectivity index (χ3n) is 3.69. The molecule has 0 amide bonds. The number of phosphoric acid groups is 2. The van der Waals surface area contributed by atoms with Crippen LogP contribution in [-0.4, -0.2) is 65.7 Å². The standard InChI is InChI=1S/C10H15BN5O11P3/c11-28(18,26-30(22,23)27-29(19,20)21)24-2-5-1-6(17)10(25-5)16-4-15-7-8(12)13-3-14-9(7)16/h3-6,10,17H,1-2H2,(H,22,23)(H2,12,13,14)(H2,19,20,21)/t5-,6+,10+,28?/m0/s1. The van der Waals surface area contributed by atoms with Crippen molar-refractivity contribution in [3.05, 3.63) is 12.7 Å². The molecule has 3 rings (SSSR count). The third-order valence-corrected chi connectivity index (χ3v) is 7.61. The molecule has 16 nitrogen and oxygen atoms in total. The fourth-order valence-corrected chi connectivity index (χ4v) is 5.82. The maximum absolute atomic E-state index is 12.0. The van der Waals surface area contributed by atoms with Gasteiger partial charge in [-0.15, -0.1) is 0 Å². The van der Waals surface area contributed by atoms with Gasteiger partial charge in [0.05, 0.1) is 19.0 Å². The molecule has 0 bridgehead atoms. The fraction of sp³-hybridized carbons (Fsp3) is 0.500. The van der Waals surface area contributed by atoms with Crippen molar-refractivity contribution < 1.29 is 51.4 Å². The maximum Gasteiger partial charge on any atom is 0.487 e. The van der Waals surface area contributed by atoms with E-state index in [4.69, 9.17) is 32.3 Å². The van der Waals surface area contributed by atoms with Crippen LogP contribution in [0.15, 0.2) is 12.7 Å². The zero-order valence-electron chi connectivity index (χ0n) is 14.7. The van der Waals surface area contributed by atoms with Crippen molar-refractivity contribution in [1.82, 2.24) is 19.5 Å². The average Bonchev–Trinajstić information content (AvgIpc) is 3.13. The molecular formula is C10H15BN5O11P3. The Kier molecular flexibility index (Phi) is 6.55. The summed E-state index contributed by atoms with van der Waals surface area (Å²) in [6.45, 7) is -0.568. The second-order valence-corrected chi connectivity index (χ2v) is 10.6. The lowest BCUT2D eigenvalue weighted by Crippen LogP contribution is -2.19. The van der Waals surface area contributed by atoms with E-state index in [1.165, 1.54) is 17.2 Å². The van der Waals surface area contributed by atoms with Crippen LogP contribution in [0, 0.1) is 0 Å². The van der Waals surface area contributed by atoms with Crippen molar-refractivity contribution in [3.8, 4) is 0 Å². The van der Waals surface area contributed by atoms with E-state index in [0.717, 1.165) is 0 Å². The van der Waals surface area contributed by atoms with Crippen molar-refractivity contribution >= 4 is 47.7 Å². The quantitative estimate of drug-likeness (QED) is 0.236. The number of hydrogen-bond acceptors (Lipinski definition) is 12. The van der Waals surface area contributed by atoms with E-state index >= 15 is 0 Å². The summed E-state index contributed by atoms with van der Waals surface area (Å²) in [6.07, 6.45) is -0.452. The van der Waals surface area contributed by atoms with Gasteiger partial charge in [0.2, 0.25) is 7.57 Å². The molecule has 2 aromatic rings. The zero-order chi connectivity index (χ0) is 22.3. The number of aromatic nitrogens is 4. The smallest absolute Gasteiger partial charge is 0.388 e. The summed E-state index contributed by atoms with van der Waals surface area (Å²) in [5.74, 6) is 0.123. The summed E-state index contributed by atoms with van der Waals surface area (Å²) in [6, 6.07) is 0. The Morgan fingerprint density at radius 1 is 1.23 bits per heavy atom. The third kappa shape index (κ3) is 5.72. The molecule has 1 saturated heterocycles. The lowest BCUT2D eigenvalue weighted by molar-refractivity contribution is -0.0461. The van der Waals surface area contributed by atoms with Crippen LogP contribution in [0.25, 0.3) is 11.2 Å². The van der Waals surface area contributed by atoms with Crippen molar-refractivity contribution in [2.24, 2.45) is 0 Å². The average molecular weight is 485 g/mol.